The molecule has 6 nitrogen and oxygen atoms in total. The largest absolute Gasteiger partial charge is 0.340 e. The molecule has 0 fully saturated rings. The summed E-state index contributed by atoms with van der Waals surface area (Å²) in [5.74, 6) is 0.358. The van der Waals surface area contributed by atoms with E-state index in [1.807, 2.05) is 37.3 Å². The molecule has 0 bridgehead atoms. The van der Waals surface area contributed by atoms with Gasteiger partial charge < -0.3 is 9.88 Å². The number of hydrogen-bond donors (Lipinski definition) is 1. The van der Waals surface area contributed by atoms with Crippen molar-refractivity contribution in [3.63, 3.8) is 0 Å². The minimum Gasteiger partial charge on any atom is -0.340 e. The fourth-order valence-electron chi connectivity index (χ4n) is 3.47. The van der Waals surface area contributed by atoms with Crippen LogP contribution in [0.4, 0.5) is 4.39 Å². The number of rotatable bonds is 4. The first-order chi connectivity index (χ1) is 14.5. The molecule has 1 amide bonds. The van der Waals surface area contributed by atoms with Crippen LogP contribution in [0.2, 0.25) is 0 Å². The maximum absolute atomic E-state index is 13.3. The fraction of sp³-hybridized carbons (Fsp3) is 0.136. The molecule has 5 aromatic rings. The molecule has 0 saturated heterocycles. The van der Waals surface area contributed by atoms with Gasteiger partial charge in [0.15, 0.2) is 0 Å². The van der Waals surface area contributed by atoms with Gasteiger partial charge in [0.2, 0.25) is 0 Å². The third-order valence-corrected chi connectivity index (χ3v) is 6.10. The quantitative estimate of drug-likeness (QED) is 0.460. The minimum absolute atomic E-state index is 0.0817. The Morgan fingerprint density at radius 3 is 2.73 bits per heavy atom. The summed E-state index contributed by atoms with van der Waals surface area (Å²) in [5, 5.41) is 5.47. The second kappa shape index (κ2) is 7.07. The van der Waals surface area contributed by atoms with Crippen molar-refractivity contribution in [2.24, 2.45) is 0 Å². The summed E-state index contributed by atoms with van der Waals surface area (Å²) in [7, 11) is 1.76. The van der Waals surface area contributed by atoms with Crippen molar-refractivity contribution in [1.29, 1.82) is 0 Å². The van der Waals surface area contributed by atoms with E-state index in [2.05, 4.69) is 15.1 Å². The van der Waals surface area contributed by atoms with Crippen molar-refractivity contribution in [3.8, 4) is 5.69 Å². The molecule has 0 saturated carbocycles. The lowest BCUT2D eigenvalue weighted by Crippen LogP contribution is -2.25. The van der Waals surface area contributed by atoms with Crippen LogP contribution in [-0.2, 0) is 6.54 Å². The third-order valence-electron chi connectivity index (χ3n) is 5.00. The van der Waals surface area contributed by atoms with E-state index < -0.39 is 0 Å². The molecule has 0 unspecified atom stereocenters. The zero-order valence-electron chi connectivity index (χ0n) is 16.4. The zero-order valence-corrected chi connectivity index (χ0v) is 17.2. The number of aryl methyl sites for hydroxylation is 1. The van der Waals surface area contributed by atoms with Gasteiger partial charge in [-0.1, -0.05) is 12.1 Å². The van der Waals surface area contributed by atoms with Crippen LogP contribution < -0.4 is 0 Å². The minimum atomic E-state index is -0.298. The number of halogens is 1. The maximum atomic E-state index is 13.3. The highest BCUT2D eigenvalue weighted by Crippen LogP contribution is 2.31. The number of carbonyl (C=O) groups is 1. The van der Waals surface area contributed by atoms with E-state index in [1.165, 1.54) is 23.5 Å². The van der Waals surface area contributed by atoms with Gasteiger partial charge in [0.25, 0.3) is 5.91 Å². The van der Waals surface area contributed by atoms with Crippen LogP contribution >= 0.6 is 11.3 Å². The van der Waals surface area contributed by atoms with Gasteiger partial charge in [-0.15, -0.1) is 11.3 Å². The summed E-state index contributed by atoms with van der Waals surface area (Å²) in [6.45, 7) is 2.28. The average molecular weight is 419 g/mol. The van der Waals surface area contributed by atoms with Crippen LogP contribution in [0, 0.1) is 12.7 Å². The summed E-state index contributed by atoms with van der Waals surface area (Å²) in [4.78, 5) is 24.0. The molecular weight excluding hydrogens is 401 g/mol. The van der Waals surface area contributed by atoms with E-state index in [1.54, 1.807) is 28.8 Å². The van der Waals surface area contributed by atoms with Crippen LogP contribution in [0.25, 0.3) is 26.9 Å². The van der Waals surface area contributed by atoms with Gasteiger partial charge >= 0.3 is 0 Å². The molecule has 150 valence electrons. The summed E-state index contributed by atoms with van der Waals surface area (Å²) < 4.78 is 15.0. The molecule has 2 aromatic carbocycles. The summed E-state index contributed by atoms with van der Waals surface area (Å²) in [5.41, 5.74) is 3.41. The number of nitrogens with one attached hydrogen (secondary N) is 1. The number of hydrogen-bond acceptors (Lipinski definition) is 4. The Balaban J connectivity index is 1.44. The fourth-order valence-corrected chi connectivity index (χ4v) is 4.65. The van der Waals surface area contributed by atoms with Crippen molar-refractivity contribution in [3.05, 3.63) is 76.8 Å². The number of benzene rings is 2. The molecule has 0 radical (unpaired) electrons. The normalized spacial score (nSPS) is 11.4. The number of H-pyrrole nitrogens is 1. The summed E-state index contributed by atoms with van der Waals surface area (Å²) >= 11 is 1.38. The third kappa shape index (κ3) is 3.15. The zero-order chi connectivity index (χ0) is 20.8. The molecule has 30 heavy (non-hydrogen) atoms. The van der Waals surface area contributed by atoms with Gasteiger partial charge in [0.05, 0.1) is 33.8 Å². The van der Waals surface area contributed by atoms with E-state index in [0.29, 0.717) is 11.4 Å². The van der Waals surface area contributed by atoms with Crippen molar-refractivity contribution in [2.45, 2.75) is 13.5 Å². The molecule has 5 rings (SSSR count). The topological polar surface area (TPSA) is 66.8 Å². The number of nitrogens with zero attached hydrogens (tertiary/aromatic N) is 4. The van der Waals surface area contributed by atoms with E-state index in [-0.39, 0.29) is 11.7 Å². The molecule has 3 aromatic heterocycles. The number of imidazole rings is 1. The highest BCUT2D eigenvalue weighted by Gasteiger charge is 2.20. The second-order valence-electron chi connectivity index (χ2n) is 7.16. The summed E-state index contributed by atoms with van der Waals surface area (Å²) in [6, 6.07) is 15.8. The molecule has 1 N–H and O–H groups in total. The van der Waals surface area contributed by atoms with Crippen LogP contribution in [0.5, 0.6) is 0 Å². The number of thiophene rings is 1. The van der Waals surface area contributed by atoms with E-state index in [0.717, 1.165) is 38.5 Å². The Morgan fingerprint density at radius 1 is 1.20 bits per heavy atom. The Labute approximate surface area is 175 Å². The van der Waals surface area contributed by atoms with E-state index in [9.17, 15) is 9.18 Å². The Hall–Kier alpha value is -3.52. The summed E-state index contributed by atoms with van der Waals surface area (Å²) in [6.07, 6.45) is 0. The Kier molecular flexibility index (Phi) is 4.36. The lowest BCUT2D eigenvalue weighted by Gasteiger charge is -2.14. The molecular formula is C22H18FN5OS. The molecule has 3 heterocycles. The standard InChI is InChI=1S/C22H18FN5OS/c1-13-16-11-19(30-22(16)28(26-13)15-9-7-14(23)8-10-15)21(29)27(2)12-20-24-17-5-3-4-6-18(17)25-20/h3-11H,12H2,1-2H3,(H,24,25). The smallest absolute Gasteiger partial charge is 0.264 e. The molecule has 0 aliphatic heterocycles. The first kappa shape index (κ1) is 18.5. The second-order valence-corrected chi connectivity index (χ2v) is 8.20. The lowest BCUT2D eigenvalue weighted by molar-refractivity contribution is 0.0787. The number of fused-ring (bicyclic) bond motifs is 2. The Morgan fingerprint density at radius 2 is 1.97 bits per heavy atom. The van der Waals surface area contributed by atoms with Crippen molar-refractivity contribution in [2.75, 3.05) is 7.05 Å². The Bertz CT molecular complexity index is 1350. The van der Waals surface area contributed by atoms with Gasteiger partial charge in [0, 0.05) is 12.4 Å². The van der Waals surface area contributed by atoms with E-state index >= 15 is 0 Å². The first-order valence-corrected chi connectivity index (χ1v) is 10.3. The number of aromatic amines is 1. The number of amides is 1. The highest BCUT2D eigenvalue weighted by atomic mass is 32.1. The van der Waals surface area contributed by atoms with Crippen molar-refractivity contribution in [1.82, 2.24) is 24.6 Å². The van der Waals surface area contributed by atoms with Gasteiger partial charge in [-0.25, -0.2) is 14.1 Å². The van der Waals surface area contributed by atoms with Gasteiger partial charge in [-0.2, -0.15) is 5.10 Å². The maximum Gasteiger partial charge on any atom is 0.264 e. The molecule has 8 heteroatoms. The number of para-hydroxylation sites is 2. The van der Waals surface area contributed by atoms with Gasteiger partial charge in [0.1, 0.15) is 16.5 Å². The molecule has 0 aliphatic rings. The van der Waals surface area contributed by atoms with Crippen LogP contribution in [0.3, 0.4) is 0 Å². The predicted molar refractivity (Wildman–Crippen MR) is 116 cm³/mol. The average Bonchev–Trinajstić information content (AvgIpc) is 3.42. The van der Waals surface area contributed by atoms with Crippen LogP contribution in [0.15, 0.2) is 54.6 Å². The van der Waals surface area contributed by atoms with Crippen molar-refractivity contribution >= 4 is 38.5 Å². The highest BCUT2D eigenvalue weighted by molar-refractivity contribution is 7.20. The van der Waals surface area contributed by atoms with Crippen molar-refractivity contribution < 1.29 is 9.18 Å². The van der Waals surface area contributed by atoms with E-state index in [4.69, 9.17) is 0 Å². The lowest BCUT2D eigenvalue weighted by atomic mass is 10.3. The predicted octanol–water partition coefficient (Wildman–Crippen LogP) is 4.68. The van der Waals surface area contributed by atoms with Crippen LogP contribution in [-0.4, -0.2) is 37.6 Å². The SMILES string of the molecule is Cc1nn(-c2ccc(F)cc2)c2sc(C(=O)N(C)Cc3nc4ccccc4[nH]3)cc12. The number of aromatic nitrogens is 4. The molecule has 0 aliphatic carbocycles. The first-order valence-electron chi connectivity index (χ1n) is 9.44. The molecule has 0 atom stereocenters. The van der Waals surface area contributed by atoms with Gasteiger partial charge in [-0.05, 0) is 49.4 Å². The van der Waals surface area contributed by atoms with Gasteiger partial charge in [-0.3, -0.25) is 4.79 Å². The monoisotopic (exact) mass is 419 g/mol. The molecule has 0 spiro atoms. The van der Waals surface area contributed by atoms with Crippen LogP contribution in [0.1, 0.15) is 21.2 Å². The number of carbonyl (C=O) groups excluding carboxylic acids is 1.